The van der Waals surface area contributed by atoms with E-state index < -0.39 is 5.90 Å². The largest absolute Gasteiger partial charge is 2.00 e. The van der Waals surface area contributed by atoms with Gasteiger partial charge in [-0.05, 0) is 23.3 Å². The summed E-state index contributed by atoms with van der Waals surface area (Å²) >= 11 is 0. The fraction of sp³-hybridized carbons (Fsp3) is 0.118. The molecule has 2 aromatic rings. The van der Waals surface area contributed by atoms with Crippen LogP contribution in [-0.2, 0) is 36.8 Å². The van der Waals surface area contributed by atoms with Gasteiger partial charge in [0.05, 0.1) is 6.21 Å². The van der Waals surface area contributed by atoms with Crippen LogP contribution < -0.4 is 15.9 Å². The van der Waals surface area contributed by atoms with E-state index in [9.17, 15) is 15.0 Å². The summed E-state index contributed by atoms with van der Waals surface area (Å²) in [5.74, 6) is -0.652. The van der Waals surface area contributed by atoms with Gasteiger partial charge in [0.25, 0.3) is 0 Å². The summed E-state index contributed by atoms with van der Waals surface area (Å²) in [5.41, 5.74) is 6.86. The average molecular weight is 454 g/mol. The molecule has 0 aliphatic rings. The van der Waals surface area contributed by atoms with Gasteiger partial charge >= 0.3 is 0 Å². The van der Waals surface area contributed by atoms with E-state index in [-0.39, 0.29) is 37.8 Å². The van der Waals surface area contributed by atoms with Crippen molar-refractivity contribution in [3.63, 3.8) is 0 Å². The van der Waals surface area contributed by atoms with Crippen LogP contribution >= 0.6 is 0 Å². The van der Waals surface area contributed by atoms with Gasteiger partial charge in [-0.2, -0.15) is 10.2 Å². The standard InChI is InChI=1S/C14H13N3O2.C3H7NO.Mo.2O/c15-12-7-5-10(6-8-12)14(19)17-16-9-11-3-1-2-4-13(11)18;1-4(2)3-5;;;/h1-9,18H,15H2,(H,17,19);3H,1-2H3;;;/q;;;2*-2/p-2/b16-9+;;;;. The van der Waals surface area contributed by atoms with Crippen LogP contribution in [0.5, 0.6) is 5.75 Å². The molecule has 0 saturated carbocycles. The number of nitrogens with zero attached hydrogens (tertiary/aromatic N) is 3. The van der Waals surface area contributed by atoms with Crippen LogP contribution in [0, 0.1) is 0 Å². The number of hydrogen-bond acceptors (Lipinski definition) is 6. The molecule has 10 heteroatoms. The number of benzene rings is 2. The number of para-hydroxylation sites is 1. The fourth-order valence-electron chi connectivity index (χ4n) is 1.41. The number of carbonyl (C=O) groups is 1. The molecule has 0 spiro atoms. The van der Waals surface area contributed by atoms with E-state index in [0.29, 0.717) is 16.8 Å². The van der Waals surface area contributed by atoms with Crippen molar-refractivity contribution >= 4 is 24.2 Å². The second-order valence-electron chi connectivity index (χ2n) is 4.88. The van der Waals surface area contributed by atoms with Gasteiger partial charge in [-0.3, -0.25) is 4.79 Å². The minimum absolute atomic E-state index is 0. The first-order valence-corrected chi connectivity index (χ1v) is 6.95. The molecule has 0 radical (unpaired) electrons. The fourth-order valence-corrected chi connectivity index (χ4v) is 1.41. The SMILES string of the molecule is CN(C)C=O.Nc1ccc(/C([O-])=N/N=C/c2ccccc2[O-])cc1.[Mo].[O-2].[O-2]. The van der Waals surface area contributed by atoms with Crippen molar-refractivity contribution in [2.75, 3.05) is 19.8 Å². The average Bonchev–Trinajstić information content (AvgIpc) is 2.57. The molecule has 0 aromatic heterocycles. The van der Waals surface area contributed by atoms with Crippen molar-refractivity contribution in [3.05, 3.63) is 59.7 Å². The van der Waals surface area contributed by atoms with Crippen molar-refractivity contribution in [2.45, 2.75) is 0 Å². The molecule has 1 amide bonds. The number of amides is 1. The van der Waals surface area contributed by atoms with Gasteiger partial charge in [-0.1, -0.05) is 42.1 Å². The van der Waals surface area contributed by atoms with Crippen LogP contribution in [0.4, 0.5) is 5.69 Å². The second kappa shape index (κ2) is 15.5. The van der Waals surface area contributed by atoms with Crippen molar-refractivity contribution in [1.29, 1.82) is 0 Å². The van der Waals surface area contributed by atoms with Crippen LogP contribution in [0.1, 0.15) is 11.1 Å². The van der Waals surface area contributed by atoms with Crippen molar-refractivity contribution in [1.82, 2.24) is 4.90 Å². The zero-order chi connectivity index (χ0) is 17.9. The number of hydrogen-bond donors (Lipinski definition) is 1. The molecule has 0 aliphatic carbocycles. The molecular formula is C17H18MoN4O5-6. The molecule has 0 unspecified atom stereocenters. The molecule has 0 fully saturated rings. The zero-order valence-electron chi connectivity index (χ0n) is 14.6. The summed E-state index contributed by atoms with van der Waals surface area (Å²) in [7, 11) is 3.38. The number of carbonyl (C=O) groups excluding carboxylic acids is 1. The Kier molecular flexibility index (Phi) is 16.7. The van der Waals surface area contributed by atoms with Gasteiger partial charge < -0.3 is 31.8 Å². The van der Waals surface area contributed by atoms with E-state index in [1.807, 2.05) is 0 Å². The summed E-state index contributed by atoms with van der Waals surface area (Å²) < 4.78 is 0. The maximum absolute atomic E-state index is 11.6. The number of anilines is 1. The van der Waals surface area contributed by atoms with Gasteiger partial charge in [0.2, 0.25) is 6.41 Å². The first-order chi connectivity index (χ1) is 11.4. The summed E-state index contributed by atoms with van der Waals surface area (Å²) in [6, 6.07) is 12.7. The third-order valence-corrected chi connectivity index (χ3v) is 2.63. The number of rotatable bonds is 4. The molecular weight excluding hydrogens is 436 g/mol. The Balaban J connectivity index is -0.000000644. The van der Waals surface area contributed by atoms with Gasteiger partial charge in [-0.25, -0.2) is 0 Å². The minimum Gasteiger partial charge on any atom is -2.00 e. The zero-order valence-corrected chi connectivity index (χ0v) is 16.6. The molecule has 0 saturated heterocycles. The van der Waals surface area contributed by atoms with E-state index in [1.165, 1.54) is 17.2 Å². The van der Waals surface area contributed by atoms with Crippen molar-refractivity contribution < 1.29 is 47.0 Å². The molecule has 0 aliphatic heterocycles. The Morgan fingerprint density at radius 3 is 2.07 bits per heavy atom. The molecule has 0 heterocycles. The Bertz CT molecular complexity index is 722. The topological polar surface area (TPSA) is 174 Å². The number of nitrogens with two attached hydrogens (primary N) is 1. The monoisotopic (exact) mass is 456 g/mol. The van der Waals surface area contributed by atoms with Gasteiger partial charge in [-0.15, -0.1) is 0 Å². The molecule has 9 nitrogen and oxygen atoms in total. The first-order valence-electron chi connectivity index (χ1n) is 6.95. The normalized spacial score (nSPS) is 9.63. The summed E-state index contributed by atoms with van der Waals surface area (Å²) in [4.78, 5) is 10.9. The third-order valence-electron chi connectivity index (χ3n) is 2.63. The Morgan fingerprint density at radius 2 is 1.59 bits per heavy atom. The van der Waals surface area contributed by atoms with Gasteiger partial charge in [0.1, 0.15) is 0 Å². The predicted molar refractivity (Wildman–Crippen MR) is 92.0 cm³/mol. The quantitative estimate of drug-likeness (QED) is 0.170. The van der Waals surface area contributed by atoms with E-state index in [1.54, 1.807) is 56.6 Å². The van der Waals surface area contributed by atoms with Crippen LogP contribution in [-0.4, -0.2) is 37.5 Å². The van der Waals surface area contributed by atoms with Gasteiger partial charge in [0, 0.05) is 46.7 Å². The molecule has 2 aromatic carbocycles. The Labute approximate surface area is 171 Å². The smallest absolute Gasteiger partial charge is 0.209 e. The predicted octanol–water partition coefficient (Wildman–Crippen LogP) is -0.0523. The first kappa shape index (κ1) is 29.0. The molecule has 27 heavy (non-hydrogen) atoms. The van der Waals surface area contributed by atoms with E-state index in [2.05, 4.69) is 10.2 Å². The number of nitrogen functional groups attached to an aromatic ring is 1. The summed E-state index contributed by atoms with van der Waals surface area (Å²) in [6.07, 6.45) is 2.01. The maximum atomic E-state index is 11.6. The molecule has 0 atom stereocenters. The van der Waals surface area contributed by atoms with Crippen molar-refractivity contribution in [3.8, 4) is 5.75 Å². The Morgan fingerprint density at radius 1 is 1.07 bits per heavy atom. The van der Waals surface area contributed by atoms with Gasteiger partial charge in [0.15, 0.2) is 0 Å². The molecule has 2 N–H and O–H groups in total. The minimum atomic E-state index is -0.486. The molecule has 148 valence electrons. The molecule has 0 bridgehead atoms. The summed E-state index contributed by atoms with van der Waals surface area (Å²) in [5, 5.41) is 30.1. The van der Waals surface area contributed by atoms with Crippen molar-refractivity contribution in [2.24, 2.45) is 10.2 Å². The maximum Gasteiger partial charge on any atom is 0.209 e. The Hall–Kier alpha value is -2.74. The summed E-state index contributed by atoms with van der Waals surface area (Å²) in [6.45, 7) is 0. The van der Waals surface area contributed by atoms with E-state index in [0.717, 1.165) is 6.41 Å². The molecule has 2 rings (SSSR count). The van der Waals surface area contributed by atoms with E-state index >= 15 is 0 Å². The second-order valence-corrected chi connectivity index (χ2v) is 4.88. The third kappa shape index (κ3) is 11.5. The van der Waals surface area contributed by atoms with Crippen LogP contribution in [0.15, 0.2) is 58.7 Å². The van der Waals surface area contributed by atoms with E-state index in [4.69, 9.17) is 5.73 Å². The van der Waals surface area contributed by atoms with Crippen LogP contribution in [0.2, 0.25) is 0 Å². The van der Waals surface area contributed by atoms with Crippen LogP contribution in [0.25, 0.3) is 0 Å². The van der Waals surface area contributed by atoms with Crippen LogP contribution in [0.3, 0.4) is 0 Å².